The van der Waals surface area contributed by atoms with Crippen molar-refractivity contribution < 1.29 is 8.42 Å². The fourth-order valence-corrected chi connectivity index (χ4v) is 3.21. The van der Waals surface area contributed by atoms with Gasteiger partial charge in [0, 0.05) is 23.8 Å². The molecule has 0 radical (unpaired) electrons. The number of para-hydroxylation sites is 1. The fraction of sp³-hybridized carbons (Fsp3) is 0.200. The number of aryl methyl sites for hydroxylation is 2. The molecule has 0 aliphatic rings. The third-order valence-electron chi connectivity index (χ3n) is 3.35. The fourth-order valence-electron chi connectivity index (χ4n) is 2.19. The maximum Gasteiger partial charge on any atom is 0.265 e. The van der Waals surface area contributed by atoms with Gasteiger partial charge in [-0.25, -0.2) is 8.42 Å². The lowest BCUT2D eigenvalue weighted by atomic mass is 10.2. The number of aromatic nitrogens is 3. The molecule has 3 rings (SSSR count). The Hall–Kier alpha value is -2.41. The lowest BCUT2D eigenvalue weighted by Gasteiger charge is -2.09. The van der Waals surface area contributed by atoms with Crippen LogP contribution in [0.25, 0.3) is 10.9 Å². The topological polar surface area (TPSA) is 76.9 Å². The van der Waals surface area contributed by atoms with E-state index in [9.17, 15) is 8.42 Å². The van der Waals surface area contributed by atoms with Gasteiger partial charge in [0.2, 0.25) is 0 Å². The molecule has 0 spiro atoms. The summed E-state index contributed by atoms with van der Waals surface area (Å²) in [5.41, 5.74) is 1.93. The lowest BCUT2D eigenvalue weighted by Crippen LogP contribution is -2.13. The molecule has 3 aromatic rings. The zero-order valence-electron chi connectivity index (χ0n) is 12.3. The van der Waals surface area contributed by atoms with Crippen LogP contribution < -0.4 is 4.72 Å². The van der Waals surface area contributed by atoms with Crippen LogP contribution in [0.15, 0.2) is 47.6 Å². The van der Waals surface area contributed by atoms with E-state index in [4.69, 9.17) is 0 Å². The van der Waals surface area contributed by atoms with Gasteiger partial charge in [0.25, 0.3) is 10.0 Å². The summed E-state index contributed by atoms with van der Waals surface area (Å²) in [7, 11) is -3.68. The van der Waals surface area contributed by atoms with Gasteiger partial charge in [0.15, 0.2) is 0 Å². The van der Waals surface area contributed by atoms with E-state index in [1.165, 1.54) is 12.4 Å². The third-order valence-corrected chi connectivity index (χ3v) is 4.67. The number of pyridine rings is 1. The number of hydrogen-bond donors (Lipinski definition) is 1. The van der Waals surface area contributed by atoms with Crippen LogP contribution in [0.2, 0.25) is 0 Å². The van der Waals surface area contributed by atoms with Crippen LogP contribution in [0.1, 0.15) is 12.6 Å². The normalized spacial score (nSPS) is 11.7. The van der Waals surface area contributed by atoms with E-state index in [1.54, 1.807) is 16.8 Å². The molecule has 114 valence electrons. The number of nitrogens with zero attached hydrogens (tertiary/aromatic N) is 3. The highest BCUT2D eigenvalue weighted by Crippen LogP contribution is 2.24. The Bertz CT molecular complexity index is 932. The molecule has 0 atom stereocenters. The summed E-state index contributed by atoms with van der Waals surface area (Å²) in [5, 5.41) is 4.89. The Labute approximate surface area is 128 Å². The van der Waals surface area contributed by atoms with E-state index in [1.807, 2.05) is 32.0 Å². The van der Waals surface area contributed by atoms with Crippen molar-refractivity contribution in [3.8, 4) is 0 Å². The Morgan fingerprint density at radius 3 is 2.77 bits per heavy atom. The molecule has 0 amide bonds. The molecule has 0 saturated heterocycles. The monoisotopic (exact) mass is 316 g/mol. The summed E-state index contributed by atoms with van der Waals surface area (Å²) in [6.45, 7) is 4.38. The molecule has 2 heterocycles. The second-order valence-corrected chi connectivity index (χ2v) is 6.65. The molecule has 0 saturated carbocycles. The van der Waals surface area contributed by atoms with Crippen molar-refractivity contribution in [3.63, 3.8) is 0 Å². The zero-order chi connectivity index (χ0) is 15.7. The molecule has 2 aromatic heterocycles. The standard InChI is InChI=1S/C15H16N4O2S/c1-3-19-10-13(9-16-19)22(20,21)18-14-6-4-5-12-8-7-11(2)17-15(12)14/h4-10,18H,3H2,1-2H3. The predicted octanol–water partition coefficient (Wildman–Crippen LogP) is 2.56. The van der Waals surface area contributed by atoms with Crippen molar-refractivity contribution in [1.82, 2.24) is 14.8 Å². The SMILES string of the molecule is CCn1cc(S(=O)(=O)Nc2cccc3ccc(C)nc23)cn1. The van der Waals surface area contributed by atoms with Crippen LogP contribution in [0.4, 0.5) is 5.69 Å². The highest BCUT2D eigenvalue weighted by molar-refractivity contribution is 7.92. The molecule has 0 fully saturated rings. The minimum atomic E-state index is -3.68. The molecular formula is C15H16N4O2S. The quantitative estimate of drug-likeness (QED) is 0.802. The number of fused-ring (bicyclic) bond motifs is 1. The van der Waals surface area contributed by atoms with Gasteiger partial charge in [-0.3, -0.25) is 14.4 Å². The number of benzene rings is 1. The molecule has 0 aliphatic heterocycles. The minimum absolute atomic E-state index is 0.138. The van der Waals surface area contributed by atoms with Gasteiger partial charge in [0.1, 0.15) is 4.90 Å². The maximum absolute atomic E-state index is 12.5. The minimum Gasteiger partial charge on any atom is -0.277 e. The van der Waals surface area contributed by atoms with Crippen molar-refractivity contribution in [3.05, 3.63) is 48.4 Å². The molecule has 22 heavy (non-hydrogen) atoms. The Morgan fingerprint density at radius 2 is 2.05 bits per heavy atom. The molecular weight excluding hydrogens is 300 g/mol. The maximum atomic E-state index is 12.5. The average molecular weight is 316 g/mol. The molecule has 7 heteroatoms. The van der Waals surface area contributed by atoms with E-state index in [-0.39, 0.29) is 4.90 Å². The van der Waals surface area contributed by atoms with Crippen molar-refractivity contribution >= 4 is 26.6 Å². The van der Waals surface area contributed by atoms with Gasteiger partial charge in [-0.1, -0.05) is 18.2 Å². The lowest BCUT2D eigenvalue weighted by molar-refractivity contribution is 0.600. The number of rotatable bonds is 4. The van der Waals surface area contributed by atoms with E-state index < -0.39 is 10.0 Å². The highest BCUT2D eigenvalue weighted by Gasteiger charge is 2.18. The van der Waals surface area contributed by atoms with Gasteiger partial charge >= 0.3 is 0 Å². The summed E-state index contributed by atoms with van der Waals surface area (Å²) in [6.07, 6.45) is 2.85. The predicted molar refractivity (Wildman–Crippen MR) is 85.2 cm³/mol. The van der Waals surface area contributed by atoms with Crippen LogP contribution >= 0.6 is 0 Å². The first-order valence-electron chi connectivity index (χ1n) is 6.91. The van der Waals surface area contributed by atoms with Crippen molar-refractivity contribution in [2.45, 2.75) is 25.3 Å². The average Bonchev–Trinajstić information content (AvgIpc) is 2.97. The van der Waals surface area contributed by atoms with Crippen molar-refractivity contribution in [2.24, 2.45) is 0 Å². The zero-order valence-corrected chi connectivity index (χ0v) is 13.1. The summed E-state index contributed by atoms with van der Waals surface area (Å²) in [4.78, 5) is 4.57. The van der Waals surface area contributed by atoms with Crippen molar-refractivity contribution in [1.29, 1.82) is 0 Å². The highest BCUT2D eigenvalue weighted by atomic mass is 32.2. The van der Waals surface area contributed by atoms with Crippen LogP contribution in [-0.4, -0.2) is 23.2 Å². The Balaban J connectivity index is 2.03. The van der Waals surface area contributed by atoms with E-state index in [0.29, 0.717) is 17.7 Å². The summed E-state index contributed by atoms with van der Waals surface area (Å²) in [5.74, 6) is 0. The van der Waals surface area contributed by atoms with E-state index in [2.05, 4.69) is 14.8 Å². The first kappa shape index (κ1) is 14.5. The molecule has 6 nitrogen and oxygen atoms in total. The van der Waals surface area contributed by atoms with Gasteiger partial charge in [0.05, 0.1) is 17.4 Å². The van der Waals surface area contributed by atoms with Gasteiger partial charge in [-0.15, -0.1) is 0 Å². The number of nitrogens with one attached hydrogen (secondary N) is 1. The molecule has 1 aromatic carbocycles. The van der Waals surface area contributed by atoms with Crippen LogP contribution in [-0.2, 0) is 16.6 Å². The summed E-state index contributed by atoms with van der Waals surface area (Å²) in [6, 6.07) is 9.22. The van der Waals surface area contributed by atoms with Crippen molar-refractivity contribution in [2.75, 3.05) is 4.72 Å². The van der Waals surface area contributed by atoms with Gasteiger partial charge in [-0.2, -0.15) is 5.10 Å². The number of hydrogen-bond acceptors (Lipinski definition) is 4. The second kappa shape index (κ2) is 5.42. The third kappa shape index (κ3) is 2.67. The Morgan fingerprint density at radius 1 is 1.23 bits per heavy atom. The van der Waals surface area contributed by atoms with Crippen LogP contribution in [0.5, 0.6) is 0 Å². The summed E-state index contributed by atoms with van der Waals surface area (Å²) >= 11 is 0. The number of anilines is 1. The smallest absolute Gasteiger partial charge is 0.265 e. The van der Waals surface area contributed by atoms with E-state index in [0.717, 1.165) is 11.1 Å². The molecule has 0 aliphatic carbocycles. The second-order valence-electron chi connectivity index (χ2n) is 4.97. The molecule has 0 bridgehead atoms. The summed E-state index contributed by atoms with van der Waals surface area (Å²) < 4.78 is 29.1. The number of sulfonamides is 1. The van der Waals surface area contributed by atoms with Gasteiger partial charge < -0.3 is 0 Å². The Kier molecular flexibility index (Phi) is 3.58. The van der Waals surface area contributed by atoms with Gasteiger partial charge in [-0.05, 0) is 26.0 Å². The largest absolute Gasteiger partial charge is 0.277 e. The van der Waals surface area contributed by atoms with Crippen LogP contribution in [0.3, 0.4) is 0 Å². The van der Waals surface area contributed by atoms with Crippen LogP contribution in [0, 0.1) is 6.92 Å². The molecule has 1 N–H and O–H groups in total. The van der Waals surface area contributed by atoms with E-state index >= 15 is 0 Å². The first-order valence-corrected chi connectivity index (χ1v) is 8.39. The molecule has 0 unspecified atom stereocenters. The first-order chi connectivity index (χ1) is 10.5.